The highest BCUT2D eigenvalue weighted by molar-refractivity contribution is 7.51. The molecule has 66 heavy (non-hydrogen) atoms. The van der Waals surface area contributed by atoms with Gasteiger partial charge in [0.2, 0.25) is 5.69 Å². The molecule has 1 amide bonds. The molecule has 1 aliphatic rings. The van der Waals surface area contributed by atoms with Gasteiger partial charge < -0.3 is 25.2 Å². The summed E-state index contributed by atoms with van der Waals surface area (Å²) in [5.74, 6) is 0.188. The van der Waals surface area contributed by atoms with Crippen molar-refractivity contribution in [3.8, 4) is 17.1 Å². The first kappa shape index (κ1) is 53.1. The average Bonchev–Trinajstić information content (AvgIpc) is 3.84. The standard InChI is InChI=1S/C51H72N6O6.O2S/c1-10-12-13-14-15-16-17-18-19-20-21-43(49(60)53-27-26-44(58)59)62-42-25-24-38(51(7,8)11-2)31-40(42)54-39-30-37(23-22-34(39)4)47-55-48-45(41(52-9)32-57(48)56-47)50(61)63-46-35(5)28-33(3)29-36(46)6;1-3-2/h22-25,30-33,35-36,43,46,54H,10-21,26-29H2,1-8H3,(H,53,60)(H,55,56)(H,58,59);. The third kappa shape index (κ3) is 15.0. The number of aryl methyl sites for hydroxylation is 1. The molecule has 1 aliphatic carbocycles. The van der Waals surface area contributed by atoms with Crippen LogP contribution in [0.3, 0.4) is 0 Å². The number of hydrogen-bond donors (Lipinski definition) is 4. The monoisotopic (exact) mass is 929 g/mol. The fourth-order valence-electron chi connectivity index (χ4n) is 8.97. The number of nitrogens with one attached hydrogen (secondary N) is 3. The van der Waals surface area contributed by atoms with Gasteiger partial charge in [0, 0.05) is 24.0 Å². The molecule has 0 spiro atoms. The summed E-state index contributed by atoms with van der Waals surface area (Å²) in [7, 11) is 0. The zero-order valence-corrected chi connectivity index (χ0v) is 41.1. The minimum atomic E-state index is -0.974. The van der Waals surface area contributed by atoms with E-state index in [0.29, 0.717) is 35.2 Å². The van der Waals surface area contributed by atoms with Crippen LogP contribution in [0.5, 0.6) is 5.75 Å². The number of unbranched alkanes of at least 4 members (excludes halogenated alkanes) is 9. The number of fused-ring (bicyclic) bond motifs is 1. The van der Waals surface area contributed by atoms with Gasteiger partial charge in [0.1, 0.15) is 17.4 Å². The first-order valence-corrected chi connectivity index (χ1v) is 24.5. The predicted molar refractivity (Wildman–Crippen MR) is 260 cm³/mol. The molecular formula is C51H72N6O8S. The fourth-order valence-corrected chi connectivity index (χ4v) is 8.97. The average molecular weight is 929 g/mol. The molecule has 14 nitrogen and oxygen atoms in total. The highest BCUT2D eigenvalue weighted by Gasteiger charge is 2.36. The molecule has 360 valence electrons. The molecule has 0 radical (unpaired) electrons. The van der Waals surface area contributed by atoms with Crippen LogP contribution in [0.1, 0.15) is 166 Å². The molecule has 3 atom stereocenters. The molecule has 1 saturated carbocycles. The largest absolute Gasteiger partial charge is 0.481 e. The Morgan fingerprint density at radius 1 is 0.955 bits per heavy atom. The van der Waals surface area contributed by atoms with Crippen molar-refractivity contribution in [2.45, 2.75) is 169 Å². The van der Waals surface area contributed by atoms with Gasteiger partial charge in [-0.1, -0.05) is 124 Å². The third-order valence-electron chi connectivity index (χ3n) is 13.1. The lowest BCUT2D eigenvalue weighted by molar-refractivity contribution is -0.137. The molecule has 0 bridgehead atoms. The number of carboxylic acid groups (broad SMARTS) is 1. The van der Waals surface area contributed by atoms with Crippen molar-refractivity contribution in [1.82, 2.24) is 19.9 Å². The molecule has 5 rings (SSSR count). The van der Waals surface area contributed by atoms with Crippen molar-refractivity contribution in [3.05, 3.63) is 70.7 Å². The smallest absolute Gasteiger partial charge is 0.335 e. The maximum absolute atomic E-state index is 13.8. The van der Waals surface area contributed by atoms with E-state index in [9.17, 15) is 19.5 Å². The molecule has 1 fully saturated rings. The highest BCUT2D eigenvalue weighted by atomic mass is 32.1. The Hall–Kier alpha value is -5.49. The number of rotatable bonds is 24. The van der Waals surface area contributed by atoms with Crippen molar-refractivity contribution in [3.63, 3.8) is 0 Å². The summed E-state index contributed by atoms with van der Waals surface area (Å²) in [6, 6.07) is 12.0. The van der Waals surface area contributed by atoms with E-state index < -0.39 is 29.6 Å². The molecule has 2 aromatic heterocycles. The lowest BCUT2D eigenvalue weighted by atomic mass is 9.75. The number of hydrogen-bond acceptors (Lipinski definition) is 9. The normalized spacial score (nSPS) is 17.5. The van der Waals surface area contributed by atoms with E-state index in [4.69, 9.17) is 29.4 Å². The summed E-state index contributed by atoms with van der Waals surface area (Å²) in [4.78, 5) is 47.2. The minimum absolute atomic E-state index is 0.0228. The van der Waals surface area contributed by atoms with Gasteiger partial charge in [-0.05, 0) is 91.5 Å². The number of ether oxygens (including phenoxy) is 2. The van der Waals surface area contributed by atoms with Crippen molar-refractivity contribution < 1.29 is 37.4 Å². The number of anilines is 2. The lowest BCUT2D eigenvalue weighted by Crippen LogP contribution is -2.39. The maximum Gasteiger partial charge on any atom is 0.335 e. The highest BCUT2D eigenvalue weighted by Crippen LogP contribution is 2.39. The Kier molecular flexibility index (Phi) is 20.9. The van der Waals surface area contributed by atoms with E-state index in [0.717, 1.165) is 60.9 Å². The zero-order chi connectivity index (χ0) is 48.4. The van der Waals surface area contributed by atoms with Crippen LogP contribution < -0.4 is 15.4 Å². The second-order valence-electron chi connectivity index (χ2n) is 18.9. The van der Waals surface area contributed by atoms with E-state index >= 15 is 0 Å². The molecule has 2 aromatic carbocycles. The third-order valence-corrected chi connectivity index (χ3v) is 13.1. The molecule has 4 aromatic rings. The van der Waals surface area contributed by atoms with Crippen LogP contribution in [0, 0.1) is 31.2 Å². The molecule has 4 N–H and O–H groups in total. The van der Waals surface area contributed by atoms with Crippen LogP contribution in [0.15, 0.2) is 42.6 Å². The molecule has 0 aliphatic heterocycles. The van der Waals surface area contributed by atoms with Crippen LogP contribution in [0.25, 0.3) is 21.9 Å². The zero-order valence-electron chi connectivity index (χ0n) is 40.3. The number of benzene rings is 2. The quantitative estimate of drug-likeness (QED) is 0.0299. The number of carbonyl (C=O) groups excluding carboxylic acids is 2. The van der Waals surface area contributed by atoms with Crippen LogP contribution in [0.2, 0.25) is 0 Å². The summed E-state index contributed by atoms with van der Waals surface area (Å²) in [5, 5.41) is 18.9. The lowest BCUT2D eigenvalue weighted by Gasteiger charge is -2.37. The first-order chi connectivity index (χ1) is 31.6. The van der Waals surface area contributed by atoms with Gasteiger partial charge >= 0.3 is 23.5 Å². The van der Waals surface area contributed by atoms with Crippen molar-refractivity contribution in [2.24, 2.45) is 17.8 Å². The second-order valence-corrected chi connectivity index (χ2v) is 19.0. The number of H-pyrrole nitrogens is 1. The van der Waals surface area contributed by atoms with Crippen LogP contribution >= 0.6 is 0 Å². The Morgan fingerprint density at radius 3 is 2.20 bits per heavy atom. The van der Waals surface area contributed by atoms with Crippen molar-refractivity contribution in [1.29, 1.82) is 0 Å². The van der Waals surface area contributed by atoms with E-state index in [1.54, 1.807) is 10.7 Å². The van der Waals surface area contributed by atoms with Crippen molar-refractivity contribution >= 4 is 52.1 Å². The van der Waals surface area contributed by atoms with Gasteiger partial charge in [-0.15, -0.1) is 0 Å². The van der Waals surface area contributed by atoms with Crippen molar-refractivity contribution in [2.75, 3.05) is 11.9 Å². The van der Waals surface area contributed by atoms with E-state index in [2.05, 4.69) is 81.2 Å². The van der Waals surface area contributed by atoms with E-state index in [1.807, 2.05) is 31.2 Å². The summed E-state index contributed by atoms with van der Waals surface area (Å²) >= 11 is -0.750. The molecule has 3 unspecified atom stereocenters. The second kappa shape index (κ2) is 26.0. The molecule has 2 heterocycles. The number of carbonyl (C=O) groups is 3. The summed E-state index contributed by atoms with van der Waals surface area (Å²) in [6.07, 6.45) is 15.4. The molecule has 15 heteroatoms. The Balaban J connectivity index is 0.00000309. The van der Waals surface area contributed by atoms with Crippen LogP contribution in [0.4, 0.5) is 17.1 Å². The number of aromatic nitrogens is 3. The summed E-state index contributed by atoms with van der Waals surface area (Å²) in [6.45, 7) is 25.1. The SMILES string of the molecule is O=S=O.[C-]#[N+]c1cn2[nH]c(-c3ccc(C)c(Nc4cc(C(C)(C)CC)ccc4OC(CCCCCCCCCCCC)C(=O)NCCC(=O)O)c3)nc2c1C(=O)OC1C(C)CC(C)CC1C. The van der Waals surface area contributed by atoms with Gasteiger partial charge in [0.25, 0.3) is 5.91 Å². The van der Waals surface area contributed by atoms with Gasteiger partial charge in [0.05, 0.1) is 18.7 Å². The fraction of sp³-hybridized carbons (Fsp3) is 0.588. The predicted octanol–water partition coefficient (Wildman–Crippen LogP) is 11.8. The number of nitrogens with zero attached hydrogens (tertiary/aromatic N) is 3. The van der Waals surface area contributed by atoms with E-state index in [-0.39, 0.29) is 53.5 Å². The number of esters is 1. The van der Waals surface area contributed by atoms with Gasteiger partial charge in [0.15, 0.2) is 17.6 Å². The number of carboxylic acids is 1. The maximum atomic E-state index is 13.8. The van der Waals surface area contributed by atoms with Crippen LogP contribution in [-0.2, 0) is 31.3 Å². The number of aliphatic carboxylic acids is 1. The Labute approximate surface area is 394 Å². The number of amides is 1. The summed E-state index contributed by atoms with van der Waals surface area (Å²) in [5.41, 5.74) is 4.84. The van der Waals surface area contributed by atoms with E-state index in [1.165, 1.54) is 44.9 Å². The topological polar surface area (TPSA) is 186 Å². The van der Waals surface area contributed by atoms with Gasteiger partial charge in [-0.2, -0.15) is 8.42 Å². The van der Waals surface area contributed by atoms with Crippen LogP contribution in [-0.4, -0.2) is 64.7 Å². The van der Waals surface area contributed by atoms with Gasteiger partial charge in [-0.3, -0.25) is 19.2 Å². The Bertz CT molecular complexity index is 2300. The number of aromatic amines is 1. The Morgan fingerprint density at radius 2 is 1.59 bits per heavy atom. The van der Waals surface area contributed by atoms with Gasteiger partial charge in [-0.25, -0.2) is 14.6 Å². The summed E-state index contributed by atoms with van der Waals surface area (Å²) < 4.78 is 31.0. The first-order valence-electron chi connectivity index (χ1n) is 23.9. The minimum Gasteiger partial charge on any atom is -0.481 e. The molecular weight excluding hydrogens is 857 g/mol. The molecule has 0 saturated heterocycles.